The average molecular weight is 429 g/mol. The summed E-state index contributed by atoms with van der Waals surface area (Å²) in [7, 11) is -2.41. The van der Waals surface area contributed by atoms with Gasteiger partial charge in [0.25, 0.3) is 5.91 Å². The first-order valence-electron chi connectivity index (χ1n) is 9.27. The van der Waals surface area contributed by atoms with Gasteiger partial charge in [-0.05, 0) is 31.0 Å². The van der Waals surface area contributed by atoms with Gasteiger partial charge < -0.3 is 19.5 Å². The van der Waals surface area contributed by atoms with Gasteiger partial charge in [-0.1, -0.05) is 0 Å². The fourth-order valence-corrected chi connectivity index (χ4v) is 5.12. The molecule has 0 spiro atoms. The molecule has 10 heteroatoms. The molecule has 2 aromatic rings. The second-order valence-corrected chi connectivity index (χ2v) is 8.70. The van der Waals surface area contributed by atoms with Crippen LogP contribution in [-0.4, -0.2) is 45.6 Å². The number of sulfonamides is 1. The highest BCUT2D eigenvalue weighted by Gasteiger charge is 2.31. The Morgan fingerprint density at radius 2 is 1.87 bits per heavy atom. The summed E-state index contributed by atoms with van der Waals surface area (Å²) in [5.74, 6) is 0.439. The number of amides is 1. The molecule has 0 atom stereocenters. The number of nitrogens with one attached hydrogen (secondary N) is 1. The minimum Gasteiger partial charge on any atom is -0.495 e. The molecule has 1 N–H and O–H groups in total. The van der Waals surface area contributed by atoms with Gasteiger partial charge in [0, 0.05) is 30.8 Å². The number of methoxy groups -OCH3 is 1. The minimum absolute atomic E-state index is 0.0355. The van der Waals surface area contributed by atoms with Crippen molar-refractivity contribution in [3.05, 3.63) is 41.5 Å². The number of carbonyl (C=O) groups is 1. The van der Waals surface area contributed by atoms with Gasteiger partial charge in [0.1, 0.15) is 16.7 Å². The Morgan fingerprint density at radius 3 is 2.53 bits per heavy atom. The highest BCUT2D eigenvalue weighted by atomic mass is 32.2. The first-order valence-corrected chi connectivity index (χ1v) is 10.7. The van der Waals surface area contributed by atoms with Crippen molar-refractivity contribution in [3.8, 4) is 23.3 Å². The molecule has 9 nitrogen and oxygen atoms in total. The second-order valence-electron chi connectivity index (χ2n) is 6.79. The van der Waals surface area contributed by atoms with Crippen LogP contribution in [0.25, 0.3) is 0 Å². The predicted octanol–water partition coefficient (Wildman–Crippen LogP) is 2.33. The summed E-state index contributed by atoms with van der Waals surface area (Å²) in [6.07, 6.45) is 1.59. The summed E-state index contributed by atoms with van der Waals surface area (Å²) in [6, 6.07) is 9.19. The maximum absolute atomic E-state index is 13.0. The van der Waals surface area contributed by atoms with Gasteiger partial charge in [0.05, 0.1) is 18.4 Å². The van der Waals surface area contributed by atoms with Gasteiger partial charge in [-0.25, -0.2) is 8.42 Å². The highest BCUT2D eigenvalue weighted by molar-refractivity contribution is 7.89. The molecule has 2 aliphatic rings. The maximum Gasteiger partial charge on any atom is 0.255 e. The van der Waals surface area contributed by atoms with E-state index in [0.717, 1.165) is 12.8 Å². The molecule has 1 amide bonds. The Bertz CT molecular complexity index is 1150. The normalized spacial score (nSPS) is 15.6. The lowest BCUT2D eigenvalue weighted by Crippen LogP contribution is -2.28. The Labute approximate surface area is 173 Å². The number of hydrogen-bond acceptors (Lipinski definition) is 7. The lowest BCUT2D eigenvalue weighted by molar-refractivity contribution is 0.102. The molecule has 0 radical (unpaired) electrons. The third-order valence-electron chi connectivity index (χ3n) is 4.99. The monoisotopic (exact) mass is 429 g/mol. The minimum atomic E-state index is -3.79. The van der Waals surface area contributed by atoms with Crippen molar-refractivity contribution < 1.29 is 27.4 Å². The van der Waals surface area contributed by atoms with E-state index in [2.05, 4.69) is 5.32 Å². The van der Waals surface area contributed by atoms with Gasteiger partial charge in [0.2, 0.25) is 16.8 Å². The molecule has 0 bridgehead atoms. The van der Waals surface area contributed by atoms with E-state index in [0.29, 0.717) is 24.6 Å². The van der Waals surface area contributed by atoms with Crippen molar-refractivity contribution in [2.75, 3.05) is 32.3 Å². The quantitative estimate of drug-likeness (QED) is 0.775. The van der Waals surface area contributed by atoms with Crippen LogP contribution in [0.3, 0.4) is 0 Å². The summed E-state index contributed by atoms with van der Waals surface area (Å²) >= 11 is 0. The van der Waals surface area contributed by atoms with E-state index < -0.39 is 15.9 Å². The van der Waals surface area contributed by atoms with Crippen LogP contribution in [0, 0.1) is 11.3 Å². The SMILES string of the molecule is COc1ccc(C(=O)Nc2cc3c(cc2C#N)OCO3)cc1S(=O)(=O)N1CCCC1. The molecule has 1 fully saturated rings. The fraction of sp³-hybridized carbons (Fsp3) is 0.300. The summed E-state index contributed by atoms with van der Waals surface area (Å²) in [6.45, 7) is 0.906. The van der Waals surface area contributed by atoms with Crippen LogP contribution in [0.5, 0.6) is 17.2 Å². The molecule has 1 saturated heterocycles. The predicted molar refractivity (Wildman–Crippen MR) is 106 cm³/mol. The molecule has 0 unspecified atom stereocenters. The van der Waals surface area contributed by atoms with E-state index in [1.165, 1.54) is 41.7 Å². The Balaban J connectivity index is 1.67. The van der Waals surface area contributed by atoms with E-state index in [9.17, 15) is 18.5 Å². The molecule has 2 heterocycles. The van der Waals surface area contributed by atoms with E-state index in [1.54, 1.807) is 0 Å². The van der Waals surface area contributed by atoms with Crippen LogP contribution in [0.1, 0.15) is 28.8 Å². The van der Waals surface area contributed by atoms with Crippen molar-refractivity contribution in [1.82, 2.24) is 4.31 Å². The van der Waals surface area contributed by atoms with Crippen LogP contribution < -0.4 is 19.5 Å². The lowest BCUT2D eigenvalue weighted by Gasteiger charge is -2.18. The number of ether oxygens (including phenoxy) is 3. The van der Waals surface area contributed by atoms with E-state index in [1.807, 2.05) is 6.07 Å². The van der Waals surface area contributed by atoms with Crippen molar-refractivity contribution >= 4 is 21.6 Å². The Kier molecular flexibility index (Phi) is 5.24. The summed E-state index contributed by atoms with van der Waals surface area (Å²) in [4.78, 5) is 12.8. The maximum atomic E-state index is 13.0. The van der Waals surface area contributed by atoms with Gasteiger partial charge in [-0.15, -0.1) is 0 Å². The number of nitriles is 1. The molecule has 0 saturated carbocycles. The van der Waals surface area contributed by atoms with Gasteiger partial charge in [-0.2, -0.15) is 9.57 Å². The first-order chi connectivity index (χ1) is 14.4. The number of anilines is 1. The Morgan fingerprint density at radius 1 is 1.17 bits per heavy atom. The molecule has 4 rings (SSSR count). The molecule has 30 heavy (non-hydrogen) atoms. The van der Waals surface area contributed by atoms with E-state index in [4.69, 9.17) is 14.2 Å². The van der Waals surface area contributed by atoms with Crippen LogP contribution in [0.15, 0.2) is 35.2 Å². The number of carbonyl (C=O) groups excluding carboxylic acids is 1. The van der Waals surface area contributed by atoms with Crippen molar-refractivity contribution in [1.29, 1.82) is 5.26 Å². The number of nitrogens with zero attached hydrogens (tertiary/aromatic N) is 2. The van der Waals surface area contributed by atoms with E-state index in [-0.39, 0.29) is 34.3 Å². The topological polar surface area (TPSA) is 118 Å². The van der Waals surface area contributed by atoms with Crippen molar-refractivity contribution in [3.63, 3.8) is 0 Å². The Hall–Kier alpha value is -3.29. The van der Waals surface area contributed by atoms with Gasteiger partial charge in [-0.3, -0.25) is 4.79 Å². The van der Waals surface area contributed by atoms with Crippen molar-refractivity contribution in [2.24, 2.45) is 0 Å². The zero-order chi connectivity index (χ0) is 21.3. The number of fused-ring (bicyclic) bond motifs is 1. The molecule has 2 aliphatic heterocycles. The van der Waals surface area contributed by atoms with Crippen LogP contribution in [0.2, 0.25) is 0 Å². The van der Waals surface area contributed by atoms with Crippen LogP contribution in [-0.2, 0) is 10.0 Å². The fourth-order valence-electron chi connectivity index (χ4n) is 3.42. The molecular weight excluding hydrogens is 410 g/mol. The zero-order valence-electron chi connectivity index (χ0n) is 16.2. The standard InChI is InChI=1S/C20H19N3O6S/c1-27-16-5-4-13(9-19(16)30(25,26)23-6-2-3-7-23)20(24)22-15-10-18-17(28-12-29-18)8-14(15)11-21/h4-5,8-10H,2-3,6-7,12H2,1H3,(H,22,24). The highest BCUT2D eigenvalue weighted by Crippen LogP contribution is 2.37. The van der Waals surface area contributed by atoms with Gasteiger partial charge >= 0.3 is 0 Å². The first kappa shape index (κ1) is 20.0. The van der Waals surface area contributed by atoms with Gasteiger partial charge in [0.15, 0.2) is 11.5 Å². The smallest absolute Gasteiger partial charge is 0.255 e. The molecule has 156 valence electrons. The number of rotatable bonds is 5. The zero-order valence-corrected chi connectivity index (χ0v) is 17.0. The largest absolute Gasteiger partial charge is 0.495 e. The third kappa shape index (κ3) is 3.53. The molecule has 0 aromatic heterocycles. The average Bonchev–Trinajstić information content (AvgIpc) is 3.44. The van der Waals surface area contributed by atoms with Crippen LogP contribution >= 0.6 is 0 Å². The molecular formula is C20H19N3O6S. The number of hydrogen-bond donors (Lipinski definition) is 1. The van der Waals surface area contributed by atoms with Crippen LogP contribution in [0.4, 0.5) is 5.69 Å². The van der Waals surface area contributed by atoms with Crippen molar-refractivity contribution in [2.45, 2.75) is 17.7 Å². The second kappa shape index (κ2) is 7.85. The summed E-state index contributed by atoms with van der Waals surface area (Å²) in [5.41, 5.74) is 0.563. The summed E-state index contributed by atoms with van der Waals surface area (Å²) < 4.78 is 43.2. The lowest BCUT2D eigenvalue weighted by atomic mass is 10.1. The molecule has 2 aromatic carbocycles. The summed E-state index contributed by atoms with van der Waals surface area (Å²) in [5, 5.41) is 12.0. The third-order valence-corrected chi connectivity index (χ3v) is 6.91. The number of benzene rings is 2. The van der Waals surface area contributed by atoms with E-state index >= 15 is 0 Å². The molecule has 0 aliphatic carbocycles.